The fraction of sp³-hybridized carbons (Fsp3) is 0.190. The highest BCUT2D eigenvalue weighted by molar-refractivity contribution is 5.87. The second kappa shape index (κ2) is 9.17. The lowest BCUT2D eigenvalue weighted by molar-refractivity contribution is -0.142. The smallest absolute Gasteiger partial charge is 0.387 e. The molecule has 1 aromatic heterocycles. The van der Waals surface area contributed by atoms with Crippen molar-refractivity contribution in [2.45, 2.75) is 19.6 Å². The summed E-state index contributed by atoms with van der Waals surface area (Å²) in [6.45, 7) is -1.40. The number of H-pyrrole nitrogens is 1. The zero-order chi connectivity index (χ0) is 21.7. The van der Waals surface area contributed by atoms with Crippen molar-refractivity contribution < 1.29 is 27.8 Å². The van der Waals surface area contributed by atoms with E-state index in [4.69, 9.17) is 9.47 Å². The fourth-order valence-corrected chi connectivity index (χ4v) is 2.71. The van der Waals surface area contributed by atoms with Crippen LogP contribution in [0.4, 0.5) is 8.78 Å². The number of nitrogens with zero attached hydrogens (tertiary/aromatic N) is 1. The summed E-state index contributed by atoms with van der Waals surface area (Å²) in [6.07, 6.45) is 1.80. The van der Waals surface area contributed by atoms with Gasteiger partial charge in [0.15, 0.2) is 23.4 Å². The molecule has 1 atom stereocenters. The summed E-state index contributed by atoms with van der Waals surface area (Å²) in [5.74, 6) is -0.481. The van der Waals surface area contributed by atoms with Crippen LogP contribution >= 0.6 is 0 Å². The molecule has 156 valence electrons. The molecule has 0 bridgehead atoms. The molecule has 3 rings (SSSR count). The zero-order valence-electron chi connectivity index (χ0n) is 16.1. The number of hydrogen-bond donors (Lipinski definition) is 1. The third-order valence-electron chi connectivity index (χ3n) is 4.12. The summed E-state index contributed by atoms with van der Waals surface area (Å²) in [5.41, 5.74) is 0.676. The van der Waals surface area contributed by atoms with E-state index in [-0.39, 0.29) is 22.9 Å². The van der Waals surface area contributed by atoms with Crippen molar-refractivity contribution >= 4 is 22.9 Å². The van der Waals surface area contributed by atoms with Gasteiger partial charge in [-0.2, -0.15) is 8.78 Å². The van der Waals surface area contributed by atoms with Gasteiger partial charge in [-0.25, -0.2) is 9.78 Å². The molecule has 7 nitrogen and oxygen atoms in total. The number of methoxy groups -OCH3 is 1. The van der Waals surface area contributed by atoms with Gasteiger partial charge >= 0.3 is 12.6 Å². The number of aromatic nitrogens is 2. The Bertz CT molecular complexity index is 1140. The molecule has 3 aromatic rings. The van der Waals surface area contributed by atoms with E-state index in [2.05, 4.69) is 14.7 Å². The minimum Gasteiger partial charge on any atom is -0.493 e. The molecular weight excluding hydrogens is 398 g/mol. The molecule has 0 aliphatic rings. The number of hydrogen-bond acceptors (Lipinski definition) is 6. The van der Waals surface area contributed by atoms with E-state index in [9.17, 15) is 18.4 Å². The van der Waals surface area contributed by atoms with Gasteiger partial charge in [-0.05, 0) is 42.8 Å². The summed E-state index contributed by atoms with van der Waals surface area (Å²) in [5, 5.41) is 0.438. The highest BCUT2D eigenvalue weighted by Gasteiger charge is 2.14. The van der Waals surface area contributed by atoms with Crippen LogP contribution in [0.3, 0.4) is 0 Å². The number of alkyl halides is 2. The first-order valence-electron chi connectivity index (χ1n) is 8.88. The minimum atomic E-state index is -2.98. The second-order valence-electron chi connectivity index (χ2n) is 6.17. The number of fused-ring (bicyclic) bond motifs is 1. The lowest BCUT2D eigenvalue weighted by Crippen LogP contribution is -2.16. The number of para-hydroxylation sites is 1. The van der Waals surface area contributed by atoms with Crippen molar-refractivity contribution in [3.05, 3.63) is 70.3 Å². The van der Waals surface area contributed by atoms with Crippen LogP contribution in [0.15, 0.2) is 53.3 Å². The van der Waals surface area contributed by atoms with Gasteiger partial charge in [0.25, 0.3) is 5.56 Å². The first-order chi connectivity index (χ1) is 14.4. The van der Waals surface area contributed by atoms with Crippen LogP contribution in [0.2, 0.25) is 0 Å². The van der Waals surface area contributed by atoms with Crippen molar-refractivity contribution in [1.29, 1.82) is 0 Å². The molecule has 0 spiro atoms. The number of carbonyl (C=O) groups excluding carboxylic acids is 1. The molecule has 0 saturated carbocycles. The summed E-state index contributed by atoms with van der Waals surface area (Å²) in [6, 6.07) is 11.1. The third-order valence-corrected chi connectivity index (χ3v) is 4.12. The Morgan fingerprint density at radius 3 is 2.67 bits per heavy atom. The lowest BCUT2D eigenvalue weighted by Gasteiger charge is -2.12. The number of nitrogens with one attached hydrogen (secondary N) is 1. The van der Waals surface area contributed by atoms with Gasteiger partial charge in [0.05, 0.1) is 18.0 Å². The van der Waals surface area contributed by atoms with Gasteiger partial charge in [0.1, 0.15) is 0 Å². The largest absolute Gasteiger partial charge is 0.493 e. The summed E-state index contributed by atoms with van der Waals surface area (Å²) < 4.78 is 39.4. The number of ether oxygens (including phenoxy) is 3. The molecule has 30 heavy (non-hydrogen) atoms. The summed E-state index contributed by atoms with van der Waals surface area (Å²) in [4.78, 5) is 31.2. The number of halogens is 2. The molecule has 2 aromatic carbocycles. The van der Waals surface area contributed by atoms with Gasteiger partial charge in [-0.15, -0.1) is 0 Å². The van der Waals surface area contributed by atoms with E-state index < -0.39 is 18.7 Å². The second-order valence-corrected chi connectivity index (χ2v) is 6.17. The molecule has 0 unspecified atom stereocenters. The van der Waals surface area contributed by atoms with Gasteiger partial charge in [-0.3, -0.25) is 4.79 Å². The van der Waals surface area contributed by atoms with E-state index >= 15 is 0 Å². The molecule has 0 aliphatic heterocycles. The normalized spacial score (nSPS) is 12.3. The van der Waals surface area contributed by atoms with Crippen LogP contribution in [0.1, 0.15) is 24.4 Å². The van der Waals surface area contributed by atoms with Gasteiger partial charge in [0.2, 0.25) is 0 Å². The van der Waals surface area contributed by atoms with Crippen molar-refractivity contribution in [2.75, 3.05) is 7.11 Å². The number of carbonyl (C=O) groups is 1. The van der Waals surface area contributed by atoms with Gasteiger partial charge < -0.3 is 19.2 Å². The predicted molar refractivity (Wildman–Crippen MR) is 106 cm³/mol. The quantitative estimate of drug-likeness (QED) is 0.465. The highest BCUT2D eigenvalue weighted by Crippen LogP contribution is 2.29. The first-order valence-corrected chi connectivity index (χ1v) is 8.88. The summed E-state index contributed by atoms with van der Waals surface area (Å²) in [7, 11) is 1.31. The predicted octanol–water partition coefficient (Wildman–Crippen LogP) is 3.85. The Morgan fingerprint density at radius 2 is 1.93 bits per heavy atom. The molecule has 0 fully saturated rings. The lowest BCUT2D eigenvalue weighted by atomic mass is 10.2. The van der Waals surface area contributed by atoms with Crippen molar-refractivity contribution in [1.82, 2.24) is 9.97 Å². The van der Waals surface area contributed by atoms with E-state index in [0.29, 0.717) is 16.5 Å². The van der Waals surface area contributed by atoms with E-state index in [0.717, 1.165) is 6.08 Å². The van der Waals surface area contributed by atoms with Crippen LogP contribution in [-0.4, -0.2) is 29.7 Å². The fourth-order valence-electron chi connectivity index (χ4n) is 2.71. The Labute approximate surface area is 169 Å². The maximum atomic E-state index is 12.4. The van der Waals surface area contributed by atoms with Gasteiger partial charge in [-0.1, -0.05) is 18.2 Å². The van der Waals surface area contributed by atoms with E-state index in [1.807, 2.05) is 0 Å². The molecule has 0 radical (unpaired) electrons. The van der Waals surface area contributed by atoms with Crippen LogP contribution < -0.4 is 15.0 Å². The van der Waals surface area contributed by atoms with Crippen LogP contribution in [0.25, 0.3) is 17.0 Å². The number of rotatable bonds is 7. The van der Waals surface area contributed by atoms with Gasteiger partial charge in [0, 0.05) is 6.08 Å². The Kier molecular flexibility index (Phi) is 6.41. The van der Waals surface area contributed by atoms with Crippen molar-refractivity contribution in [3.8, 4) is 11.5 Å². The molecule has 0 amide bonds. The SMILES string of the molecule is COc1cc(/C=C/C(=O)O[C@H](C)c2nc3ccccc3c(=O)[nH]2)ccc1OC(F)F. The Morgan fingerprint density at radius 1 is 1.17 bits per heavy atom. The average Bonchev–Trinajstić information content (AvgIpc) is 2.72. The third kappa shape index (κ3) is 4.99. The molecule has 0 saturated heterocycles. The highest BCUT2D eigenvalue weighted by atomic mass is 19.3. The number of benzene rings is 2. The number of aromatic amines is 1. The van der Waals surface area contributed by atoms with Crippen molar-refractivity contribution in [2.24, 2.45) is 0 Å². The Hall–Kier alpha value is -3.75. The molecule has 1 N–H and O–H groups in total. The van der Waals surface area contributed by atoms with E-state index in [1.165, 1.54) is 31.4 Å². The van der Waals surface area contributed by atoms with Crippen molar-refractivity contribution in [3.63, 3.8) is 0 Å². The summed E-state index contributed by atoms with van der Waals surface area (Å²) >= 11 is 0. The van der Waals surface area contributed by atoms with E-state index in [1.54, 1.807) is 31.2 Å². The first kappa shape index (κ1) is 21.0. The average molecular weight is 416 g/mol. The number of esters is 1. The maximum Gasteiger partial charge on any atom is 0.387 e. The molecule has 0 aliphatic carbocycles. The molecule has 1 heterocycles. The maximum absolute atomic E-state index is 12.4. The van der Waals surface area contributed by atoms with Crippen LogP contribution in [0.5, 0.6) is 11.5 Å². The molecular formula is C21H18F2N2O5. The zero-order valence-corrected chi connectivity index (χ0v) is 16.1. The van der Waals surface area contributed by atoms with Crippen LogP contribution in [0, 0.1) is 0 Å². The monoisotopic (exact) mass is 416 g/mol. The standard InChI is InChI=1S/C21H18F2N2O5/c1-12(19-24-15-6-4-3-5-14(15)20(27)25-19)29-18(26)10-8-13-7-9-16(30-21(22)23)17(11-13)28-2/h3-12,21H,1-2H3,(H,24,25,27)/b10-8+/t12-/m1/s1. The van der Waals surface area contributed by atoms with Crippen LogP contribution in [-0.2, 0) is 9.53 Å². The molecule has 9 heteroatoms. The Balaban J connectivity index is 1.70. The minimum absolute atomic E-state index is 0.0946. The topological polar surface area (TPSA) is 90.5 Å².